The Labute approximate surface area is 155 Å². The van der Waals surface area contributed by atoms with E-state index in [-0.39, 0.29) is 6.03 Å². The Hall–Kier alpha value is -0.416. The summed E-state index contributed by atoms with van der Waals surface area (Å²) in [6.45, 7) is 6.03. The first-order chi connectivity index (χ1) is 11.9. The smallest absolute Gasteiger partial charge is 0.377 e. The van der Waals surface area contributed by atoms with E-state index in [1.807, 2.05) is 0 Å². The van der Waals surface area contributed by atoms with E-state index in [1.54, 1.807) is 21.3 Å². The van der Waals surface area contributed by atoms with E-state index in [0.29, 0.717) is 19.1 Å². The molecule has 25 heavy (non-hydrogen) atoms. The highest BCUT2D eigenvalue weighted by Gasteiger charge is 2.37. The van der Waals surface area contributed by atoms with Gasteiger partial charge in [-0.05, 0) is 44.1 Å². The topological polar surface area (TPSA) is 68.8 Å². The average molecular weight is 386 g/mol. The summed E-state index contributed by atoms with van der Waals surface area (Å²) in [7, 11) is 0.882. The molecule has 0 saturated heterocycles. The molecule has 2 amide bonds. The maximum Gasteiger partial charge on any atom is 0.500 e. The zero-order valence-corrected chi connectivity index (χ0v) is 18.2. The summed E-state index contributed by atoms with van der Waals surface area (Å²) in [5.41, 5.74) is 1.49. The van der Waals surface area contributed by atoms with Gasteiger partial charge in [-0.3, -0.25) is 0 Å². The summed E-state index contributed by atoms with van der Waals surface area (Å²) in [6, 6.07) is 1.73. The highest BCUT2D eigenvalue weighted by Crippen LogP contribution is 2.34. The molecule has 1 aliphatic carbocycles. The molecule has 0 bridgehead atoms. The number of amides is 2. The lowest BCUT2D eigenvalue weighted by molar-refractivity contribution is 0.123. The molecule has 0 aromatic heterocycles. The van der Waals surface area contributed by atoms with Crippen molar-refractivity contribution in [1.82, 2.24) is 10.6 Å². The minimum atomic E-state index is -2.54. The van der Waals surface area contributed by atoms with Crippen LogP contribution in [-0.2, 0) is 13.3 Å². The van der Waals surface area contributed by atoms with Crippen molar-refractivity contribution in [3.63, 3.8) is 0 Å². The van der Waals surface area contributed by atoms with Crippen molar-refractivity contribution in [2.45, 2.75) is 38.0 Å². The van der Waals surface area contributed by atoms with E-state index in [9.17, 15) is 4.79 Å². The first kappa shape index (κ1) is 22.6. The number of carbonyl (C=O) groups excluding carboxylic acids is 1. The van der Waals surface area contributed by atoms with Crippen molar-refractivity contribution >= 4 is 22.9 Å². The molecule has 8 heteroatoms. The van der Waals surface area contributed by atoms with Gasteiger partial charge in [0.15, 0.2) is 0 Å². The van der Waals surface area contributed by atoms with Crippen LogP contribution < -0.4 is 10.6 Å². The number of hydrogen-bond donors (Lipinski definition) is 2. The molecule has 1 aliphatic rings. The van der Waals surface area contributed by atoms with Gasteiger partial charge in [-0.25, -0.2) is 4.79 Å². The van der Waals surface area contributed by atoms with Crippen LogP contribution in [-0.4, -0.2) is 57.3 Å². The minimum absolute atomic E-state index is 0.118. The van der Waals surface area contributed by atoms with Crippen LogP contribution >= 0.6 is 0 Å². The number of hydrogen-bond acceptors (Lipinski definition) is 4. The first-order valence-corrected chi connectivity index (χ1v) is 13.9. The maximum atomic E-state index is 11.8. The molecule has 1 rings (SSSR count). The van der Waals surface area contributed by atoms with Crippen LogP contribution in [0.3, 0.4) is 0 Å². The molecule has 0 spiro atoms. The van der Waals surface area contributed by atoms with Crippen molar-refractivity contribution in [2.24, 2.45) is 0 Å². The summed E-state index contributed by atoms with van der Waals surface area (Å²) < 4.78 is 16.1. The fourth-order valence-corrected chi connectivity index (χ4v) is 6.99. The van der Waals surface area contributed by atoms with Crippen LogP contribution in [0.2, 0.25) is 25.2 Å². The standard InChI is InChI=1S/C17H33N2O4Si2/c1-21-25(22-2,23-3)15-9-13-19-17(20)18-12-8-14-24(4,5)16-10-6-7-11-16/h6-7,10-11H,8-9,12-15H2,1-5H3,(H2,18,19,20). The fraction of sp³-hybridized carbons (Fsp3) is 0.647. The molecule has 0 heterocycles. The molecule has 5 radical (unpaired) electrons. The van der Waals surface area contributed by atoms with Gasteiger partial charge in [-0.15, -0.1) is 0 Å². The Balaban J connectivity index is 2.11. The molecular formula is C17H33N2O4Si2. The average Bonchev–Trinajstić information content (AvgIpc) is 3.15. The Kier molecular flexibility index (Phi) is 10.3. The lowest BCUT2D eigenvalue weighted by Gasteiger charge is -2.28. The largest absolute Gasteiger partial charge is 0.500 e. The minimum Gasteiger partial charge on any atom is -0.377 e. The normalized spacial score (nSPS) is 16.2. The van der Waals surface area contributed by atoms with Gasteiger partial charge >= 0.3 is 14.8 Å². The van der Waals surface area contributed by atoms with E-state index < -0.39 is 16.9 Å². The summed E-state index contributed by atoms with van der Waals surface area (Å²) in [5, 5.41) is 5.80. The Bertz CT molecular complexity index is 379. The quantitative estimate of drug-likeness (QED) is 0.400. The number of carbonyl (C=O) groups is 1. The van der Waals surface area contributed by atoms with Crippen LogP contribution in [0.25, 0.3) is 0 Å². The third kappa shape index (κ3) is 7.78. The van der Waals surface area contributed by atoms with Gasteiger partial charge in [0, 0.05) is 40.5 Å². The van der Waals surface area contributed by atoms with Crippen molar-refractivity contribution in [1.29, 1.82) is 0 Å². The molecule has 6 nitrogen and oxygen atoms in total. The molecule has 143 valence electrons. The van der Waals surface area contributed by atoms with Crippen LogP contribution in [0.5, 0.6) is 0 Å². The van der Waals surface area contributed by atoms with Gasteiger partial charge in [-0.1, -0.05) is 19.1 Å². The van der Waals surface area contributed by atoms with E-state index in [0.717, 1.165) is 12.8 Å². The SMILES string of the molecule is CO[Si](CCCNC(=O)NCCC[Si](C)(C)[C]1[CH][CH][CH][CH]1)(OC)OC. The number of urea groups is 1. The number of nitrogens with one attached hydrogen (secondary N) is 2. The van der Waals surface area contributed by atoms with E-state index in [1.165, 1.54) is 11.6 Å². The zero-order valence-electron chi connectivity index (χ0n) is 16.2. The second-order valence-electron chi connectivity index (χ2n) is 6.74. The molecule has 0 unspecified atom stereocenters. The van der Waals surface area contributed by atoms with Crippen molar-refractivity contribution in [3.8, 4) is 0 Å². The second-order valence-corrected chi connectivity index (χ2v) is 14.7. The van der Waals surface area contributed by atoms with Crippen LogP contribution in [0, 0.1) is 31.2 Å². The number of rotatable bonds is 12. The van der Waals surface area contributed by atoms with Gasteiger partial charge in [0.2, 0.25) is 0 Å². The van der Waals surface area contributed by atoms with Gasteiger partial charge < -0.3 is 23.9 Å². The summed E-state index contributed by atoms with van der Waals surface area (Å²) in [6.07, 6.45) is 10.4. The van der Waals surface area contributed by atoms with E-state index >= 15 is 0 Å². The Morgan fingerprint density at radius 2 is 1.40 bits per heavy atom. The lowest BCUT2D eigenvalue weighted by Crippen LogP contribution is -2.44. The molecule has 0 aliphatic heterocycles. The molecule has 1 fully saturated rings. The predicted octanol–water partition coefficient (Wildman–Crippen LogP) is 2.60. The first-order valence-electron chi connectivity index (χ1n) is 8.78. The van der Waals surface area contributed by atoms with Gasteiger partial charge in [-0.2, -0.15) is 0 Å². The van der Waals surface area contributed by atoms with Crippen LogP contribution in [0.1, 0.15) is 12.8 Å². The molecule has 2 N–H and O–H groups in total. The third-order valence-electron chi connectivity index (χ3n) is 4.59. The Morgan fingerprint density at radius 3 is 1.88 bits per heavy atom. The molecule has 1 saturated carbocycles. The summed E-state index contributed by atoms with van der Waals surface area (Å²) >= 11 is 0. The summed E-state index contributed by atoms with van der Waals surface area (Å²) in [5.74, 6) is 0. The van der Waals surface area contributed by atoms with Crippen molar-refractivity contribution in [2.75, 3.05) is 34.4 Å². The van der Waals surface area contributed by atoms with Crippen LogP contribution in [0.4, 0.5) is 4.79 Å². The van der Waals surface area contributed by atoms with E-state index in [2.05, 4.69) is 49.4 Å². The molecule has 0 aromatic carbocycles. The van der Waals surface area contributed by atoms with Crippen LogP contribution in [0.15, 0.2) is 0 Å². The highest BCUT2D eigenvalue weighted by molar-refractivity contribution is 6.83. The van der Waals surface area contributed by atoms with Crippen molar-refractivity contribution in [3.05, 3.63) is 31.2 Å². The maximum absolute atomic E-state index is 11.8. The molecular weight excluding hydrogens is 352 g/mol. The zero-order chi connectivity index (χ0) is 18.8. The highest BCUT2D eigenvalue weighted by atomic mass is 28.4. The second kappa shape index (κ2) is 11.3. The predicted molar refractivity (Wildman–Crippen MR) is 105 cm³/mol. The monoisotopic (exact) mass is 385 g/mol. The van der Waals surface area contributed by atoms with Gasteiger partial charge in [0.1, 0.15) is 0 Å². The Morgan fingerprint density at radius 1 is 0.920 bits per heavy atom. The molecule has 0 aromatic rings. The summed E-state index contributed by atoms with van der Waals surface area (Å²) in [4.78, 5) is 11.8. The van der Waals surface area contributed by atoms with Gasteiger partial charge in [0.05, 0.1) is 8.07 Å². The van der Waals surface area contributed by atoms with E-state index in [4.69, 9.17) is 13.3 Å². The van der Waals surface area contributed by atoms with Crippen molar-refractivity contribution < 1.29 is 18.1 Å². The fourth-order valence-electron chi connectivity index (χ4n) is 2.83. The van der Waals surface area contributed by atoms with Gasteiger partial charge in [0.25, 0.3) is 0 Å². The lowest BCUT2D eigenvalue weighted by atomic mass is 10.4. The third-order valence-corrected chi connectivity index (χ3v) is 10.9. The molecule has 0 atom stereocenters.